The minimum absolute atomic E-state index is 0.146. The van der Waals surface area contributed by atoms with Crippen molar-refractivity contribution in [2.75, 3.05) is 19.8 Å². The highest BCUT2D eigenvalue weighted by molar-refractivity contribution is 5.97. The summed E-state index contributed by atoms with van der Waals surface area (Å²) in [5, 5.41) is 0.965. The number of aromatic nitrogens is 1. The third kappa shape index (κ3) is 3.22. The summed E-state index contributed by atoms with van der Waals surface area (Å²) in [5.41, 5.74) is 7.09. The number of pyridine rings is 1. The molecule has 2 amide bonds. The highest BCUT2D eigenvalue weighted by Crippen LogP contribution is 2.18. The van der Waals surface area contributed by atoms with Crippen LogP contribution in [0.25, 0.3) is 17.0 Å². The topological polar surface area (TPSA) is 85.5 Å². The second-order valence-corrected chi connectivity index (χ2v) is 5.28. The number of ether oxygens (including phenoxy) is 1. The Morgan fingerprint density at radius 2 is 2.13 bits per heavy atom. The van der Waals surface area contributed by atoms with Gasteiger partial charge in [-0.1, -0.05) is 18.2 Å². The number of morpholine rings is 1. The van der Waals surface area contributed by atoms with Crippen LogP contribution in [-0.2, 0) is 14.3 Å². The number of primary amides is 1. The number of hydrogen-bond donors (Lipinski definition) is 1. The molecular weight excluding hydrogens is 294 g/mol. The molecule has 1 aliphatic rings. The standard InChI is InChI=1S/C17H17N3O3/c18-17(22)15-11-23-10-9-20(15)16(21)6-5-12-7-8-19-14-4-2-1-3-13(12)14/h1-8,15H,9-11H2,(H2,18,22)/b6-5+. The Labute approximate surface area is 133 Å². The molecule has 6 nitrogen and oxygen atoms in total. The molecule has 1 atom stereocenters. The first kappa shape index (κ1) is 15.2. The van der Waals surface area contributed by atoms with Crippen molar-refractivity contribution in [2.45, 2.75) is 6.04 Å². The van der Waals surface area contributed by atoms with Gasteiger partial charge < -0.3 is 15.4 Å². The van der Waals surface area contributed by atoms with Gasteiger partial charge in [0.15, 0.2) is 0 Å². The smallest absolute Gasteiger partial charge is 0.247 e. The van der Waals surface area contributed by atoms with Crippen LogP contribution < -0.4 is 5.73 Å². The van der Waals surface area contributed by atoms with Gasteiger partial charge in [0, 0.05) is 24.2 Å². The molecule has 2 N–H and O–H groups in total. The van der Waals surface area contributed by atoms with Crippen LogP contribution in [0.2, 0.25) is 0 Å². The Bertz CT molecular complexity index is 767. The lowest BCUT2D eigenvalue weighted by Crippen LogP contribution is -2.54. The van der Waals surface area contributed by atoms with Gasteiger partial charge in [-0.3, -0.25) is 14.6 Å². The number of benzene rings is 1. The van der Waals surface area contributed by atoms with Gasteiger partial charge in [-0.05, 0) is 23.8 Å². The lowest BCUT2D eigenvalue weighted by Gasteiger charge is -2.32. The van der Waals surface area contributed by atoms with Crippen molar-refractivity contribution in [2.24, 2.45) is 5.73 Å². The van der Waals surface area contributed by atoms with Gasteiger partial charge in [0.1, 0.15) is 6.04 Å². The van der Waals surface area contributed by atoms with E-state index in [1.807, 2.05) is 30.3 Å². The number of amides is 2. The zero-order chi connectivity index (χ0) is 16.2. The minimum Gasteiger partial charge on any atom is -0.377 e. The van der Waals surface area contributed by atoms with E-state index in [1.54, 1.807) is 12.3 Å². The molecule has 3 rings (SSSR count). The van der Waals surface area contributed by atoms with E-state index in [-0.39, 0.29) is 12.5 Å². The van der Waals surface area contributed by atoms with Crippen molar-refractivity contribution in [3.05, 3.63) is 48.2 Å². The van der Waals surface area contributed by atoms with E-state index >= 15 is 0 Å². The Kier molecular flexibility index (Phi) is 4.34. The first-order valence-corrected chi connectivity index (χ1v) is 7.36. The lowest BCUT2D eigenvalue weighted by atomic mass is 10.1. The average Bonchev–Trinajstić information content (AvgIpc) is 2.59. The number of nitrogens with two attached hydrogens (primary N) is 1. The summed E-state index contributed by atoms with van der Waals surface area (Å²) in [4.78, 5) is 29.6. The summed E-state index contributed by atoms with van der Waals surface area (Å²) in [6, 6.07) is 8.84. The molecule has 0 spiro atoms. The molecule has 1 fully saturated rings. The number of hydrogen-bond acceptors (Lipinski definition) is 4. The molecule has 0 bridgehead atoms. The van der Waals surface area contributed by atoms with Crippen LogP contribution in [0.1, 0.15) is 5.56 Å². The Hall–Kier alpha value is -2.73. The molecule has 1 aromatic carbocycles. The maximum atomic E-state index is 12.4. The van der Waals surface area contributed by atoms with E-state index in [1.165, 1.54) is 11.0 Å². The number of nitrogens with zero attached hydrogens (tertiary/aromatic N) is 2. The van der Waals surface area contributed by atoms with Crippen LogP contribution in [0.15, 0.2) is 42.6 Å². The van der Waals surface area contributed by atoms with Crippen molar-refractivity contribution in [3.63, 3.8) is 0 Å². The van der Waals surface area contributed by atoms with Gasteiger partial charge in [0.2, 0.25) is 11.8 Å². The highest BCUT2D eigenvalue weighted by atomic mass is 16.5. The molecular formula is C17H17N3O3. The molecule has 0 saturated carbocycles. The van der Waals surface area contributed by atoms with Crippen molar-refractivity contribution < 1.29 is 14.3 Å². The monoisotopic (exact) mass is 311 g/mol. The molecule has 118 valence electrons. The maximum Gasteiger partial charge on any atom is 0.247 e. The Morgan fingerprint density at radius 3 is 2.96 bits per heavy atom. The fraction of sp³-hybridized carbons (Fsp3) is 0.235. The number of rotatable bonds is 3. The first-order chi connectivity index (χ1) is 11.2. The molecule has 1 aromatic heterocycles. The predicted molar refractivity (Wildman–Crippen MR) is 86.3 cm³/mol. The normalized spacial score (nSPS) is 18.4. The van der Waals surface area contributed by atoms with E-state index in [4.69, 9.17) is 10.5 Å². The fourth-order valence-electron chi connectivity index (χ4n) is 2.62. The van der Waals surface area contributed by atoms with E-state index in [0.29, 0.717) is 13.2 Å². The lowest BCUT2D eigenvalue weighted by molar-refractivity contribution is -0.143. The maximum absolute atomic E-state index is 12.4. The first-order valence-electron chi connectivity index (χ1n) is 7.36. The minimum atomic E-state index is -0.713. The van der Waals surface area contributed by atoms with E-state index in [0.717, 1.165) is 16.5 Å². The largest absolute Gasteiger partial charge is 0.377 e. The molecule has 1 aliphatic heterocycles. The van der Waals surface area contributed by atoms with Crippen molar-refractivity contribution in [1.82, 2.24) is 9.88 Å². The number of carbonyl (C=O) groups excluding carboxylic acids is 2. The van der Waals surface area contributed by atoms with Crippen LogP contribution in [0.4, 0.5) is 0 Å². The molecule has 1 saturated heterocycles. The summed E-state index contributed by atoms with van der Waals surface area (Å²) in [6.45, 7) is 0.905. The summed E-state index contributed by atoms with van der Waals surface area (Å²) < 4.78 is 5.22. The number of carbonyl (C=O) groups is 2. The van der Waals surface area contributed by atoms with Crippen molar-refractivity contribution in [1.29, 1.82) is 0 Å². The number of fused-ring (bicyclic) bond motifs is 1. The van der Waals surface area contributed by atoms with Gasteiger partial charge >= 0.3 is 0 Å². The summed E-state index contributed by atoms with van der Waals surface area (Å²) in [6.07, 6.45) is 4.90. The number of para-hydroxylation sites is 1. The van der Waals surface area contributed by atoms with Gasteiger partial charge in [-0.15, -0.1) is 0 Å². The van der Waals surface area contributed by atoms with Crippen LogP contribution in [0, 0.1) is 0 Å². The van der Waals surface area contributed by atoms with Crippen molar-refractivity contribution >= 4 is 28.8 Å². The van der Waals surface area contributed by atoms with E-state index in [2.05, 4.69) is 4.98 Å². The van der Waals surface area contributed by atoms with Crippen molar-refractivity contribution in [3.8, 4) is 0 Å². The Morgan fingerprint density at radius 1 is 1.30 bits per heavy atom. The molecule has 2 aromatic rings. The van der Waals surface area contributed by atoms with Crippen LogP contribution in [-0.4, -0.2) is 47.5 Å². The molecule has 1 unspecified atom stereocenters. The Balaban J connectivity index is 1.83. The summed E-state index contributed by atoms with van der Waals surface area (Å²) >= 11 is 0. The quantitative estimate of drug-likeness (QED) is 0.856. The fourth-order valence-corrected chi connectivity index (χ4v) is 2.62. The van der Waals surface area contributed by atoms with Crippen LogP contribution in [0.5, 0.6) is 0 Å². The summed E-state index contributed by atoms with van der Waals surface area (Å²) in [7, 11) is 0. The summed E-state index contributed by atoms with van der Waals surface area (Å²) in [5.74, 6) is -0.807. The second kappa shape index (κ2) is 6.58. The van der Waals surface area contributed by atoms with Gasteiger partial charge in [0.25, 0.3) is 0 Å². The van der Waals surface area contributed by atoms with E-state index in [9.17, 15) is 9.59 Å². The van der Waals surface area contributed by atoms with E-state index < -0.39 is 11.9 Å². The molecule has 0 aliphatic carbocycles. The third-order valence-electron chi connectivity index (χ3n) is 3.83. The molecule has 6 heteroatoms. The van der Waals surface area contributed by atoms with Crippen LogP contribution in [0.3, 0.4) is 0 Å². The van der Waals surface area contributed by atoms with Crippen LogP contribution >= 0.6 is 0 Å². The molecule has 23 heavy (non-hydrogen) atoms. The van der Waals surface area contributed by atoms with Gasteiger partial charge in [-0.25, -0.2) is 0 Å². The zero-order valence-corrected chi connectivity index (χ0v) is 12.5. The second-order valence-electron chi connectivity index (χ2n) is 5.28. The molecule has 2 heterocycles. The van der Waals surface area contributed by atoms with Gasteiger partial charge in [0.05, 0.1) is 18.7 Å². The zero-order valence-electron chi connectivity index (χ0n) is 12.5. The average molecular weight is 311 g/mol. The highest BCUT2D eigenvalue weighted by Gasteiger charge is 2.30. The van der Waals surface area contributed by atoms with Gasteiger partial charge in [-0.2, -0.15) is 0 Å². The SMILES string of the molecule is NC(=O)C1COCCN1C(=O)/C=C/c1ccnc2ccccc12. The predicted octanol–water partition coefficient (Wildman–Crippen LogP) is 0.961. The third-order valence-corrected chi connectivity index (χ3v) is 3.83. The molecule has 0 radical (unpaired) electrons.